The first-order valence-electron chi connectivity index (χ1n) is 9.13. The van der Waals surface area contributed by atoms with E-state index in [4.69, 9.17) is 9.47 Å². The Morgan fingerprint density at radius 2 is 1.93 bits per heavy atom. The predicted molar refractivity (Wildman–Crippen MR) is 101 cm³/mol. The number of carbonyl (C=O) groups is 2. The van der Waals surface area contributed by atoms with E-state index < -0.39 is 0 Å². The third kappa shape index (κ3) is 3.60. The molecule has 2 amide bonds. The molecule has 2 aliphatic heterocycles. The molecule has 0 unspecified atom stereocenters. The van der Waals surface area contributed by atoms with Gasteiger partial charge in [0.15, 0.2) is 0 Å². The van der Waals surface area contributed by atoms with E-state index in [1.807, 2.05) is 24.3 Å². The predicted octanol–water partition coefficient (Wildman–Crippen LogP) is 2.34. The van der Waals surface area contributed by atoms with Crippen molar-refractivity contribution in [2.24, 2.45) is 0 Å². The molecule has 2 aromatic carbocycles. The van der Waals surface area contributed by atoms with Crippen molar-refractivity contribution in [2.75, 3.05) is 19.8 Å². The molecule has 0 spiro atoms. The Balaban J connectivity index is 1.44. The van der Waals surface area contributed by atoms with Crippen molar-refractivity contribution in [3.8, 4) is 0 Å². The number of fused-ring (bicyclic) bond motifs is 1. The highest BCUT2D eigenvalue weighted by Gasteiger charge is 2.32. The molecule has 2 aromatic rings. The van der Waals surface area contributed by atoms with Crippen LogP contribution in [0.2, 0.25) is 0 Å². The van der Waals surface area contributed by atoms with E-state index in [2.05, 4.69) is 23.5 Å². The molecular weight excluding hydrogens is 344 g/mol. The number of carbonyl (C=O) groups excluding carboxylic acids is 2. The van der Waals surface area contributed by atoms with Crippen molar-refractivity contribution in [1.29, 1.82) is 0 Å². The highest BCUT2D eigenvalue weighted by atomic mass is 16.6. The number of rotatable bonds is 4. The van der Waals surface area contributed by atoms with Crippen LogP contribution in [-0.2, 0) is 25.6 Å². The molecule has 1 N–H and O–H groups in total. The zero-order valence-electron chi connectivity index (χ0n) is 15.2. The Bertz CT molecular complexity index is 916. The van der Waals surface area contributed by atoms with Crippen LogP contribution in [0, 0.1) is 0 Å². The van der Waals surface area contributed by atoms with Gasteiger partial charge in [-0.15, -0.1) is 0 Å². The number of likely N-dealkylation sites (tertiary alicyclic amines) is 1. The second kappa shape index (κ2) is 7.31. The summed E-state index contributed by atoms with van der Waals surface area (Å²) < 4.78 is 10.8. The zero-order valence-corrected chi connectivity index (χ0v) is 15.2. The number of hydrogen-bond acceptors (Lipinski definition) is 4. The molecule has 4 rings (SSSR count). The van der Waals surface area contributed by atoms with Crippen molar-refractivity contribution in [3.63, 3.8) is 0 Å². The molecule has 1 atom stereocenters. The maximum absolute atomic E-state index is 12.5. The number of allylic oxidation sites excluding steroid dienone is 1. The van der Waals surface area contributed by atoms with Gasteiger partial charge in [0, 0.05) is 19.5 Å². The van der Waals surface area contributed by atoms with Crippen LogP contribution in [0.4, 0.5) is 0 Å². The van der Waals surface area contributed by atoms with Crippen LogP contribution < -0.4 is 5.32 Å². The monoisotopic (exact) mass is 366 g/mol. The lowest BCUT2D eigenvalue weighted by Gasteiger charge is -2.21. The maximum atomic E-state index is 12.5. The molecular formula is C21H22N2O4. The molecule has 6 heteroatoms. The molecule has 1 saturated heterocycles. The van der Waals surface area contributed by atoms with Crippen LogP contribution in [0.5, 0.6) is 0 Å². The summed E-state index contributed by atoms with van der Waals surface area (Å²) in [5.74, 6) is 0.411. The van der Waals surface area contributed by atoms with Gasteiger partial charge in [-0.05, 0) is 23.3 Å². The Morgan fingerprint density at radius 1 is 1.15 bits per heavy atom. The van der Waals surface area contributed by atoms with Gasteiger partial charge in [0.2, 0.25) is 11.7 Å². The van der Waals surface area contributed by atoms with Gasteiger partial charge in [0.1, 0.15) is 19.0 Å². The molecule has 0 saturated carbocycles. The molecule has 6 nitrogen and oxygen atoms in total. The smallest absolute Gasteiger partial charge is 0.290 e. The van der Waals surface area contributed by atoms with Crippen LogP contribution in [0.1, 0.15) is 18.9 Å². The third-order valence-corrected chi connectivity index (χ3v) is 4.97. The van der Waals surface area contributed by atoms with E-state index in [-0.39, 0.29) is 23.6 Å². The van der Waals surface area contributed by atoms with Gasteiger partial charge >= 0.3 is 0 Å². The van der Waals surface area contributed by atoms with Gasteiger partial charge in [0.25, 0.3) is 5.91 Å². The van der Waals surface area contributed by atoms with Crippen LogP contribution in [0.15, 0.2) is 54.0 Å². The van der Waals surface area contributed by atoms with Gasteiger partial charge < -0.3 is 19.7 Å². The van der Waals surface area contributed by atoms with E-state index in [1.54, 1.807) is 11.8 Å². The SMILES string of the molecule is CC1=C(C(=O)N[C@@H]2CC(=O)N(Cc3cccc4ccccc34)C2)OCCO1. The maximum Gasteiger partial charge on any atom is 0.290 e. The highest BCUT2D eigenvalue weighted by molar-refractivity contribution is 5.93. The van der Waals surface area contributed by atoms with Crippen LogP contribution >= 0.6 is 0 Å². The summed E-state index contributed by atoms with van der Waals surface area (Å²) in [5.41, 5.74) is 1.11. The van der Waals surface area contributed by atoms with Crippen molar-refractivity contribution >= 4 is 22.6 Å². The molecule has 2 heterocycles. The quantitative estimate of drug-likeness (QED) is 0.902. The lowest BCUT2D eigenvalue weighted by Crippen LogP contribution is -2.39. The Labute approximate surface area is 157 Å². The third-order valence-electron chi connectivity index (χ3n) is 4.97. The average molecular weight is 366 g/mol. The van der Waals surface area contributed by atoms with E-state index >= 15 is 0 Å². The van der Waals surface area contributed by atoms with Crippen LogP contribution in [0.25, 0.3) is 10.8 Å². The Morgan fingerprint density at radius 3 is 2.78 bits per heavy atom. The van der Waals surface area contributed by atoms with Crippen molar-refractivity contribution in [3.05, 3.63) is 59.5 Å². The number of nitrogens with zero attached hydrogens (tertiary/aromatic N) is 1. The summed E-state index contributed by atoms with van der Waals surface area (Å²) in [6, 6.07) is 14.0. The molecule has 27 heavy (non-hydrogen) atoms. The number of amides is 2. The molecule has 0 bridgehead atoms. The summed E-state index contributed by atoms with van der Waals surface area (Å²) in [6.45, 7) is 3.54. The minimum absolute atomic E-state index is 0.0414. The summed E-state index contributed by atoms with van der Waals surface area (Å²) in [5, 5.41) is 5.20. The Hall–Kier alpha value is -3.02. The standard InChI is InChI=1S/C21H22N2O4/c1-14-20(27-10-9-26-14)21(25)22-17-11-19(24)23(13-17)12-16-7-4-6-15-5-2-3-8-18(15)16/h2-8,17H,9-13H2,1H3,(H,22,25)/t17-/m1/s1. The lowest BCUT2D eigenvalue weighted by molar-refractivity contribution is -0.128. The minimum Gasteiger partial charge on any atom is -0.491 e. The fourth-order valence-corrected chi connectivity index (χ4v) is 3.64. The van der Waals surface area contributed by atoms with Gasteiger partial charge in [-0.1, -0.05) is 42.5 Å². The molecule has 0 aliphatic carbocycles. The number of ether oxygens (including phenoxy) is 2. The molecule has 0 radical (unpaired) electrons. The zero-order chi connectivity index (χ0) is 18.8. The number of nitrogens with one attached hydrogen (secondary N) is 1. The molecule has 1 fully saturated rings. The van der Waals surface area contributed by atoms with Crippen LogP contribution in [0.3, 0.4) is 0 Å². The first-order chi connectivity index (χ1) is 13.1. The van der Waals surface area contributed by atoms with E-state index in [9.17, 15) is 9.59 Å². The molecule has 2 aliphatic rings. The fraction of sp³-hybridized carbons (Fsp3) is 0.333. The topological polar surface area (TPSA) is 67.9 Å². The van der Waals surface area contributed by atoms with Gasteiger partial charge in [0.05, 0.1) is 6.04 Å². The summed E-state index contributed by atoms with van der Waals surface area (Å²) in [7, 11) is 0. The Kier molecular flexibility index (Phi) is 4.71. The highest BCUT2D eigenvalue weighted by Crippen LogP contribution is 2.23. The minimum atomic E-state index is -0.322. The first kappa shape index (κ1) is 17.4. The van der Waals surface area contributed by atoms with E-state index in [0.29, 0.717) is 38.5 Å². The normalized spacial score (nSPS) is 19.8. The molecule has 140 valence electrons. The van der Waals surface area contributed by atoms with E-state index in [0.717, 1.165) is 16.3 Å². The van der Waals surface area contributed by atoms with Crippen molar-refractivity contribution in [2.45, 2.75) is 25.9 Å². The largest absolute Gasteiger partial charge is 0.491 e. The summed E-state index contributed by atoms with van der Waals surface area (Å²) in [4.78, 5) is 26.7. The van der Waals surface area contributed by atoms with Gasteiger partial charge in [-0.3, -0.25) is 9.59 Å². The average Bonchev–Trinajstić information content (AvgIpc) is 3.01. The summed E-state index contributed by atoms with van der Waals surface area (Å²) >= 11 is 0. The van der Waals surface area contributed by atoms with E-state index in [1.165, 1.54) is 0 Å². The van der Waals surface area contributed by atoms with Crippen molar-refractivity contribution in [1.82, 2.24) is 10.2 Å². The fourth-order valence-electron chi connectivity index (χ4n) is 3.64. The van der Waals surface area contributed by atoms with Crippen molar-refractivity contribution < 1.29 is 19.1 Å². The second-order valence-corrected chi connectivity index (χ2v) is 6.87. The van der Waals surface area contributed by atoms with Gasteiger partial charge in [-0.2, -0.15) is 0 Å². The van der Waals surface area contributed by atoms with Crippen LogP contribution in [-0.4, -0.2) is 42.5 Å². The van der Waals surface area contributed by atoms with Gasteiger partial charge in [-0.25, -0.2) is 0 Å². The first-order valence-corrected chi connectivity index (χ1v) is 9.13. The number of hydrogen-bond donors (Lipinski definition) is 1. The molecule has 0 aromatic heterocycles. The summed E-state index contributed by atoms with van der Waals surface area (Å²) in [6.07, 6.45) is 0.295. The number of benzene rings is 2. The second-order valence-electron chi connectivity index (χ2n) is 6.87. The lowest BCUT2D eigenvalue weighted by atomic mass is 10.0.